The predicted octanol–water partition coefficient (Wildman–Crippen LogP) is 2.21. The minimum atomic E-state index is -0.857. The summed E-state index contributed by atoms with van der Waals surface area (Å²) < 4.78 is 5.50. The van der Waals surface area contributed by atoms with Crippen molar-refractivity contribution >= 4 is 23.5 Å². The van der Waals surface area contributed by atoms with Crippen molar-refractivity contribution in [1.82, 2.24) is 4.90 Å². The normalized spacial score (nSPS) is 21.4. The molecule has 2 rings (SSSR count). The number of halogens is 1. The van der Waals surface area contributed by atoms with Crippen molar-refractivity contribution in [2.45, 2.75) is 13.8 Å². The highest BCUT2D eigenvalue weighted by Crippen LogP contribution is 2.26. The lowest BCUT2D eigenvalue weighted by Gasteiger charge is -2.17. The first-order chi connectivity index (χ1) is 9.90. The van der Waals surface area contributed by atoms with Gasteiger partial charge in [0.25, 0.3) is 5.91 Å². The van der Waals surface area contributed by atoms with E-state index in [1.807, 2.05) is 13.8 Å². The molecule has 0 bridgehead atoms. The van der Waals surface area contributed by atoms with Crippen LogP contribution in [0.3, 0.4) is 0 Å². The lowest BCUT2D eigenvalue weighted by atomic mass is 9.99. The number of amides is 1. The van der Waals surface area contributed by atoms with Gasteiger partial charge in [0, 0.05) is 23.7 Å². The first-order valence-electron chi connectivity index (χ1n) is 6.78. The molecule has 1 aliphatic heterocycles. The van der Waals surface area contributed by atoms with Crippen molar-refractivity contribution in [3.05, 3.63) is 28.8 Å². The van der Waals surface area contributed by atoms with E-state index >= 15 is 0 Å². The molecule has 1 aromatic carbocycles. The summed E-state index contributed by atoms with van der Waals surface area (Å²) in [5.41, 5.74) is 0.783. The van der Waals surface area contributed by atoms with Gasteiger partial charge in [0.05, 0.1) is 5.92 Å². The molecule has 1 heterocycles. The molecule has 5 nitrogen and oxygen atoms in total. The number of carboxylic acids is 1. The molecule has 0 radical (unpaired) electrons. The third kappa shape index (κ3) is 3.47. The average molecular weight is 312 g/mol. The highest BCUT2D eigenvalue weighted by Gasteiger charge is 2.36. The zero-order valence-corrected chi connectivity index (χ0v) is 12.8. The number of benzene rings is 1. The van der Waals surface area contributed by atoms with Gasteiger partial charge in [-0.1, -0.05) is 24.6 Å². The number of ether oxygens (including phenoxy) is 1. The zero-order valence-electron chi connectivity index (χ0n) is 12.0. The van der Waals surface area contributed by atoms with Crippen LogP contribution in [0.2, 0.25) is 5.02 Å². The first-order valence-corrected chi connectivity index (χ1v) is 7.16. The van der Waals surface area contributed by atoms with E-state index in [-0.39, 0.29) is 25.0 Å². The van der Waals surface area contributed by atoms with Crippen LogP contribution in [-0.2, 0) is 9.59 Å². The monoisotopic (exact) mass is 311 g/mol. The number of carboxylic acid groups (broad SMARTS) is 1. The summed E-state index contributed by atoms with van der Waals surface area (Å²) in [7, 11) is 0. The summed E-state index contributed by atoms with van der Waals surface area (Å²) in [6, 6.07) is 5.26. The summed E-state index contributed by atoms with van der Waals surface area (Å²) in [6.45, 7) is 4.25. The summed E-state index contributed by atoms with van der Waals surface area (Å²) in [4.78, 5) is 24.7. The Morgan fingerprint density at radius 1 is 1.43 bits per heavy atom. The maximum Gasteiger partial charge on any atom is 0.308 e. The van der Waals surface area contributed by atoms with Crippen LogP contribution in [0, 0.1) is 18.8 Å². The molecule has 2 atom stereocenters. The topological polar surface area (TPSA) is 66.8 Å². The van der Waals surface area contributed by atoms with Gasteiger partial charge in [-0.3, -0.25) is 9.59 Å². The summed E-state index contributed by atoms with van der Waals surface area (Å²) in [6.07, 6.45) is 0. The van der Waals surface area contributed by atoms with Crippen LogP contribution >= 0.6 is 11.6 Å². The van der Waals surface area contributed by atoms with Gasteiger partial charge in [0.15, 0.2) is 6.61 Å². The Hall–Kier alpha value is -1.75. The van der Waals surface area contributed by atoms with Crippen molar-refractivity contribution in [2.75, 3.05) is 19.7 Å². The Balaban J connectivity index is 1.94. The fraction of sp³-hybridized carbons (Fsp3) is 0.467. The number of likely N-dealkylation sites (tertiary alicyclic amines) is 1. The molecule has 6 heteroatoms. The standard InChI is InChI=1S/C15H18ClNO4/c1-9-6-17(7-11(9)15(19)20)14(18)8-21-13-5-3-4-12(16)10(13)2/h3-5,9,11H,6-8H2,1-2H3,(H,19,20)/t9-,11-/m1/s1. The molecule has 21 heavy (non-hydrogen) atoms. The first kappa shape index (κ1) is 15.6. The molecule has 0 spiro atoms. The number of carbonyl (C=O) groups is 2. The number of carbonyl (C=O) groups excluding carboxylic acids is 1. The molecular formula is C15H18ClNO4. The van der Waals surface area contributed by atoms with Gasteiger partial charge in [-0.25, -0.2) is 0 Å². The second kappa shape index (κ2) is 6.35. The molecule has 1 saturated heterocycles. The van der Waals surface area contributed by atoms with Crippen LogP contribution < -0.4 is 4.74 Å². The molecule has 1 aliphatic rings. The summed E-state index contributed by atoms with van der Waals surface area (Å²) in [5.74, 6) is -1.03. The summed E-state index contributed by atoms with van der Waals surface area (Å²) >= 11 is 5.99. The zero-order chi connectivity index (χ0) is 15.6. The largest absolute Gasteiger partial charge is 0.483 e. The SMILES string of the molecule is Cc1c(Cl)cccc1OCC(=O)N1C[C@@H](C)[C@H](C(=O)O)C1. The van der Waals surface area contributed by atoms with Gasteiger partial charge >= 0.3 is 5.97 Å². The predicted molar refractivity (Wildman–Crippen MR) is 78.6 cm³/mol. The van der Waals surface area contributed by atoms with Crippen LogP contribution in [-0.4, -0.2) is 41.6 Å². The molecule has 0 aliphatic carbocycles. The second-order valence-corrected chi connectivity index (χ2v) is 5.78. The molecule has 1 fully saturated rings. The molecule has 1 aromatic rings. The molecular weight excluding hydrogens is 294 g/mol. The maximum absolute atomic E-state index is 12.1. The average Bonchev–Trinajstić information content (AvgIpc) is 2.82. The van der Waals surface area contributed by atoms with E-state index in [1.165, 1.54) is 0 Å². The molecule has 0 saturated carbocycles. The lowest BCUT2D eigenvalue weighted by Crippen LogP contribution is -2.34. The van der Waals surface area contributed by atoms with E-state index < -0.39 is 11.9 Å². The molecule has 0 unspecified atom stereocenters. The van der Waals surface area contributed by atoms with Crippen molar-refractivity contribution in [3.8, 4) is 5.75 Å². The van der Waals surface area contributed by atoms with Gasteiger partial charge in [-0.2, -0.15) is 0 Å². The van der Waals surface area contributed by atoms with Crippen molar-refractivity contribution in [2.24, 2.45) is 11.8 Å². The second-order valence-electron chi connectivity index (χ2n) is 5.37. The highest BCUT2D eigenvalue weighted by molar-refractivity contribution is 6.31. The molecule has 1 amide bonds. The Kier molecular flexibility index (Phi) is 4.73. The third-order valence-corrected chi connectivity index (χ3v) is 4.26. The maximum atomic E-state index is 12.1. The van der Waals surface area contributed by atoms with Gasteiger partial charge in [-0.15, -0.1) is 0 Å². The Labute approximate surface area is 128 Å². The third-order valence-electron chi connectivity index (χ3n) is 3.85. The van der Waals surface area contributed by atoms with E-state index in [0.29, 0.717) is 17.3 Å². The van der Waals surface area contributed by atoms with Crippen LogP contribution in [0.15, 0.2) is 18.2 Å². The van der Waals surface area contributed by atoms with Gasteiger partial charge < -0.3 is 14.7 Å². The Bertz CT molecular complexity index is 561. The van der Waals surface area contributed by atoms with E-state index in [1.54, 1.807) is 23.1 Å². The number of hydrogen-bond donors (Lipinski definition) is 1. The van der Waals surface area contributed by atoms with E-state index in [0.717, 1.165) is 5.56 Å². The van der Waals surface area contributed by atoms with Crippen LogP contribution in [0.25, 0.3) is 0 Å². The van der Waals surface area contributed by atoms with E-state index in [9.17, 15) is 9.59 Å². The van der Waals surface area contributed by atoms with Crippen LogP contribution in [0.4, 0.5) is 0 Å². The molecule has 114 valence electrons. The number of nitrogens with zero attached hydrogens (tertiary/aromatic N) is 1. The number of rotatable bonds is 4. The Morgan fingerprint density at radius 3 is 2.76 bits per heavy atom. The minimum Gasteiger partial charge on any atom is -0.483 e. The van der Waals surface area contributed by atoms with Crippen LogP contribution in [0.5, 0.6) is 5.75 Å². The Morgan fingerprint density at radius 2 is 2.14 bits per heavy atom. The smallest absolute Gasteiger partial charge is 0.308 e. The number of aliphatic carboxylic acids is 1. The molecule has 1 N–H and O–H groups in total. The minimum absolute atomic E-state index is 0.0423. The molecule has 0 aromatic heterocycles. The van der Waals surface area contributed by atoms with Gasteiger partial charge in [0.1, 0.15) is 5.75 Å². The van der Waals surface area contributed by atoms with E-state index in [2.05, 4.69) is 0 Å². The van der Waals surface area contributed by atoms with Gasteiger partial charge in [0.2, 0.25) is 0 Å². The number of hydrogen-bond acceptors (Lipinski definition) is 3. The van der Waals surface area contributed by atoms with Crippen molar-refractivity contribution in [1.29, 1.82) is 0 Å². The van der Waals surface area contributed by atoms with Crippen LogP contribution in [0.1, 0.15) is 12.5 Å². The van der Waals surface area contributed by atoms with Crippen molar-refractivity contribution in [3.63, 3.8) is 0 Å². The van der Waals surface area contributed by atoms with Gasteiger partial charge in [-0.05, 0) is 25.0 Å². The highest BCUT2D eigenvalue weighted by atomic mass is 35.5. The van der Waals surface area contributed by atoms with Crippen molar-refractivity contribution < 1.29 is 19.4 Å². The lowest BCUT2D eigenvalue weighted by molar-refractivity contribution is -0.142. The fourth-order valence-electron chi connectivity index (χ4n) is 2.47. The van der Waals surface area contributed by atoms with E-state index in [4.69, 9.17) is 21.4 Å². The summed E-state index contributed by atoms with van der Waals surface area (Å²) in [5, 5.41) is 9.66. The quantitative estimate of drug-likeness (QED) is 0.925. The fourth-order valence-corrected chi connectivity index (χ4v) is 2.63.